The normalized spacial score (nSPS) is 10.6. The standard InChI is InChI=1S/C15H13BrN2O3/c1-21-14-7-11(12(16)8-13(14)19)9-17-18-15(20)10-5-3-2-4-6-10/h2-9,19H,1H3,(H,18,20)/b17-9-. The molecular weight excluding hydrogens is 336 g/mol. The molecular formula is C15H13BrN2O3. The monoisotopic (exact) mass is 348 g/mol. The number of aromatic hydroxyl groups is 1. The van der Waals surface area contributed by atoms with Crippen molar-refractivity contribution in [3.05, 3.63) is 58.1 Å². The second-order valence-corrected chi connectivity index (χ2v) is 4.97. The lowest BCUT2D eigenvalue weighted by molar-refractivity contribution is 0.0955. The van der Waals surface area contributed by atoms with Gasteiger partial charge in [0, 0.05) is 15.6 Å². The predicted octanol–water partition coefficient (Wildman–Crippen LogP) is 2.93. The third kappa shape index (κ3) is 3.82. The van der Waals surface area contributed by atoms with Crippen LogP contribution in [0.4, 0.5) is 0 Å². The van der Waals surface area contributed by atoms with Crippen molar-refractivity contribution < 1.29 is 14.6 Å². The van der Waals surface area contributed by atoms with Crippen LogP contribution in [-0.4, -0.2) is 24.3 Å². The number of nitrogens with one attached hydrogen (secondary N) is 1. The third-order valence-electron chi connectivity index (χ3n) is 2.70. The Labute approximate surface area is 130 Å². The van der Waals surface area contributed by atoms with Crippen molar-refractivity contribution in [2.75, 3.05) is 7.11 Å². The fourth-order valence-corrected chi connectivity index (χ4v) is 2.07. The second kappa shape index (κ2) is 6.90. The van der Waals surface area contributed by atoms with Gasteiger partial charge in [-0.3, -0.25) is 4.79 Å². The zero-order valence-corrected chi connectivity index (χ0v) is 12.8. The van der Waals surface area contributed by atoms with E-state index in [2.05, 4.69) is 26.5 Å². The van der Waals surface area contributed by atoms with E-state index in [1.54, 1.807) is 30.3 Å². The van der Waals surface area contributed by atoms with Gasteiger partial charge < -0.3 is 9.84 Å². The molecule has 0 saturated heterocycles. The van der Waals surface area contributed by atoms with Crippen molar-refractivity contribution in [3.8, 4) is 11.5 Å². The van der Waals surface area contributed by atoms with Crippen LogP contribution in [0.25, 0.3) is 0 Å². The summed E-state index contributed by atoms with van der Waals surface area (Å²) in [6.45, 7) is 0. The summed E-state index contributed by atoms with van der Waals surface area (Å²) >= 11 is 3.30. The van der Waals surface area contributed by atoms with Crippen LogP contribution in [0.2, 0.25) is 0 Å². The van der Waals surface area contributed by atoms with Gasteiger partial charge in [-0.1, -0.05) is 18.2 Å². The maximum atomic E-state index is 11.8. The third-order valence-corrected chi connectivity index (χ3v) is 3.39. The van der Waals surface area contributed by atoms with Crippen LogP contribution in [-0.2, 0) is 0 Å². The molecule has 0 bridgehead atoms. The topological polar surface area (TPSA) is 70.9 Å². The maximum absolute atomic E-state index is 11.8. The first kappa shape index (κ1) is 15.1. The number of carbonyl (C=O) groups is 1. The number of rotatable bonds is 4. The highest BCUT2D eigenvalue weighted by Crippen LogP contribution is 2.31. The number of carbonyl (C=O) groups excluding carboxylic acids is 1. The molecule has 0 aromatic heterocycles. The summed E-state index contributed by atoms with van der Waals surface area (Å²) in [5, 5.41) is 13.5. The Morgan fingerprint density at radius 3 is 2.71 bits per heavy atom. The first-order chi connectivity index (χ1) is 10.1. The zero-order valence-electron chi connectivity index (χ0n) is 11.2. The van der Waals surface area contributed by atoms with Crippen LogP contribution in [0.5, 0.6) is 11.5 Å². The summed E-state index contributed by atoms with van der Waals surface area (Å²) in [5.41, 5.74) is 3.62. The number of hydrazone groups is 1. The van der Waals surface area contributed by atoms with Gasteiger partial charge in [0.2, 0.25) is 0 Å². The lowest BCUT2D eigenvalue weighted by Gasteiger charge is -2.06. The maximum Gasteiger partial charge on any atom is 0.271 e. The Kier molecular flexibility index (Phi) is 4.94. The van der Waals surface area contributed by atoms with Gasteiger partial charge in [0.15, 0.2) is 11.5 Å². The van der Waals surface area contributed by atoms with Crippen LogP contribution >= 0.6 is 15.9 Å². The van der Waals surface area contributed by atoms with E-state index in [0.29, 0.717) is 21.3 Å². The Bertz CT molecular complexity index is 672. The number of amides is 1. The van der Waals surface area contributed by atoms with Gasteiger partial charge in [0.25, 0.3) is 5.91 Å². The van der Waals surface area contributed by atoms with E-state index in [1.807, 2.05) is 6.07 Å². The molecule has 21 heavy (non-hydrogen) atoms. The molecule has 1 amide bonds. The number of phenolic OH excluding ortho intramolecular Hbond substituents is 1. The molecule has 0 radical (unpaired) electrons. The molecule has 0 heterocycles. The van der Waals surface area contributed by atoms with Crippen molar-refractivity contribution in [1.29, 1.82) is 0 Å². The summed E-state index contributed by atoms with van der Waals surface area (Å²) in [6.07, 6.45) is 1.47. The molecule has 0 unspecified atom stereocenters. The highest BCUT2D eigenvalue weighted by molar-refractivity contribution is 9.10. The minimum Gasteiger partial charge on any atom is -0.504 e. The molecule has 0 aliphatic rings. The van der Waals surface area contributed by atoms with Gasteiger partial charge in [-0.2, -0.15) is 5.10 Å². The van der Waals surface area contributed by atoms with E-state index < -0.39 is 0 Å². The summed E-state index contributed by atoms with van der Waals surface area (Å²) in [4.78, 5) is 11.8. The highest BCUT2D eigenvalue weighted by Gasteiger charge is 2.07. The first-order valence-corrected chi connectivity index (χ1v) is 6.86. The smallest absolute Gasteiger partial charge is 0.271 e. The van der Waals surface area contributed by atoms with Gasteiger partial charge >= 0.3 is 0 Å². The number of methoxy groups -OCH3 is 1. The molecule has 2 N–H and O–H groups in total. The molecule has 2 rings (SSSR count). The Balaban J connectivity index is 2.10. The van der Waals surface area contributed by atoms with Crippen LogP contribution in [0.3, 0.4) is 0 Å². The van der Waals surface area contributed by atoms with E-state index in [9.17, 15) is 9.90 Å². The van der Waals surface area contributed by atoms with Crippen molar-refractivity contribution in [2.24, 2.45) is 5.10 Å². The highest BCUT2D eigenvalue weighted by atomic mass is 79.9. The van der Waals surface area contributed by atoms with E-state index in [4.69, 9.17) is 4.74 Å². The number of phenols is 1. The molecule has 0 atom stereocenters. The number of halogens is 1. The minimum atomic E-state index is -0.297. The quantitative estimate of drug-likeness (QED) is 0.659. The van der Waals surface area contributed by atoms with Gasteiger partial charge in [0.1, 0.15) is 0 Å². The fraction of sp³-hybridized carbons (Fsp3) is 0.0667. The second-order valence-electron chi connectivity index (χ2n) is 4.11. The first-order valence-electron chi connectivity index (χ1n) is 6.06. The lowest BCUT2D eigenvalue weighted by atomic mass is 10.2. The largest absolute Gasteiger partial charge is 0.504 e. The number of hydrogen-bond acceptors (Lipinski definition) is 4. The molecule has 0 aliphatic heterocycles. The fourth-order valence-electron chi connectivity index (χ4n) is 1.64. The van der Waals surface area contributed by atoms with E-state index in [0.717, 1.165) is 0 Å². The number of benzene rings is 2. The van der Waals surface area contributed by atoms with Gasteiger partial charge in [-0.05, 0) is 40.2 Å². The SMILES string of the molecule is COc1cc(/C=N\NC(=O)c2ccccc2)c(Br)cc1O. The van der Waals surface area contributed by atoms with Crippen LogP contribution < -0.4 is 10.2 Å². The molecule has 0 fully saturated rings. The van der Waals surface area contributed by atoms with Crippen LogP contribution in [0.1, 0.15) is 15.9 Å². The zero-order chi connectivity index (χ0) is 15.2. The summed E-state index contributed by atoms with van der Waals surface area (Å²) in [7, 11) is 1.46. The Morgan fingerprint density at radius 2 is 2.05 bits per heavy atom. The molecule has 0 spiro atoms. The van der Waals surface area contributed by atoms with E-state index in [1.165, 1.54) is 19.4 Å². The number of nitrogens with zero attached hydrogens (tertiary/aromatic N) is 1. The van der Waals surface area contributed by atoms with E-state index in [-0.39, 0.29) is 11.7 Å². The number of ether oxygens (including phenoxy) is 1. The molecule has 0 saturated carbocycles. The predicted molar refractivity (Wildman–Crippen MR) is 83.9 cm³/mol. The van der Waals surface area contributed by atoms with Crippen LogP contribution in [0, 0.1) is 0 Å². The lowest BCUT2D eigenvalue weighted by Crippen LogP contribution is -2.17. The number of hydrogen-bond donors (Lipinski definition) is 2. The van der Waals surface area contributed by atoms with Gasteiger partial charge in [-0.25, -0.2) is 5.43 Å². The summed E-state index contributed by atoms with van der Waals surface area (Å²) in [6, 6.07) is 11.9. The van der Waals surface area contributed by atoms with Gasteiger partial charge in [-0.15, -0.1) is 0 Å². The average molecular weight is 349 g/mol. The molecule has 5 nitrogen and oxygen atoms in total. The van der Waals surface area contributed by atoms with Crippen molar-refractivity contribution in [3.63, 3.8) is 0 Å². The molecule has 2 aromatic rings. The molecule has 2 aromatic carbocycles. The van der Waals surface area contributed by atoms with Gasteiger partial charge in [0.05, 0.1) is 13.3 Å². The van der Waals surface area contributed by atoms with Crippen molar-refractivity contribution in [2.45, 2.75) is 0 Å². The molecule has 108 valence electrons. The summed E-state index contributed by atoms with van der Waals surface area (Å²) in [5.74, 6) is 0.0533. The molecule has 6 heteroatoms. The minimum absolute atomic E-state index is 0.0230. The molecule has 0 aliphatic carbocycles. The van der Waals surface area contributed by atoms with Crippen LogP contribution in [0.15, 0.2) is 52.0 Å². The van der Waals surface area contributed by atoms with Crippen molar-refractivity contribution in [1.82, 2.24) is 5.43 Å². The van der Waals surface area contributed by atoms with Crippen molar-refractivity contribution >= 4 is 28.1 Å². The summed E-state index contributed by atoms with van der Waals surface area (Å²) < 4.78 is 5.66. The Morgan fingerprint density at radius 1 is 1.33 bits per heavy atom. The van der Waals surface area contributed by atoms with E-state index >= 15 is 0 Å². The average Bonchev–Trinajstić information content (AvgIpc) is 2.50. The Hall–Kier alpha value is -2.34.